The summed E-state index contributed by atoms with van der Waals surface area (Å²) in [5.41, 5.74) is 1.01. The van der Waals surface area contributed by atoms with Crippen LogP contribution in [0.4, 0.5) is 5.69 Å². The summed E-state index contributed by atoms with van der Waals surface area (Å²) < 4.78 is 0. The van der Waals surface area contributed by atoms with Crippen molar-refractivity contribution in [1.29, 1.82) is 0 Å². The zero-order valence-corrected chi connectivity index (χ0v) is 11.5. The third-order valence-electron chi connectivity index (χ3n) is 2.84. The summed E-state index contributed by atoms with van der Waals surface area (Å²) in [6.07, 6.45) is 2.91. The lowest BCUT2D eigenvalue weighted by molar-refractivity contribution is -0.384. The third-order valence-corrected chi connectivity index (χ3v) is 3.19. The third kappa shape index (κ3) is 4.63. The molecule has 1 N–H and O–H groups in total. The van der Waals surface area contributed by atoms with Gasteiger partial charge in [0.15, 0.2) is 0 Å². The van der Waals surface area contributed by atoms with E-state index < -0.39 is 4.92 Å². The Morgan fingerprint density at radius 3 is 2.78 bits per heavy atom. The molecule has 0 amide bonds. The Balaban J connectivity index is 2.55. The molecule has 0 radical (unpaired) electrons. The highest BCUT2D eigenvalue weighted by molar-refractivity contribution is 6.31. The minimum absolute atomic E-state index is 0.0425. The molecule has 0 heterocycles. The predicted molar refractivity (Wildman–Crippen MR) is 74.2 cm³/mol. The molecule has 0 aliphatic heterocycles. The largest absolute Gasteiger partial charge is 0.314 e. The molecule has 0 aliphatic carbocycles. The van der Waals surface area contributed by atoms with Gasteiger partial charge in [0.2, 0.25) is 0 Å². The van der Waals surface area contributed by atoms with Crippen molar-refractivity contribution < 1.29 is 4.92 Å². The van der Waals surface area contributed by atoms with Crippen molar-refractivity contribution in [2.24, 2.45) is 0 Å². The summed E-state index contributed by atoms with van der Waals surface area (Å²) in [5, 5.41) is 14.5. The molecule has 1 unspecified atom stereocenters. The number of nitro groups is 1. The molecular formula is C13H19ClN2O2. The maximum absolute atomic E-state index is 10.6. The molecule has 0 spiro atoms. The molecule has 100 valence electrons. The van der Waals surface area contributed by atoms with Gasteiger partial charge in [0, 0.05) is 18.2 Å². The maximum Gasteiger partial charge on any atom is 0.270 e. The van der Waals surface area contributed by atoms with Crippen molar-refractivity contribution in [3.05, 3.63) is 38.9 Å². The van der Waals surface area contributed by atoms with Crippen LogP contribution in [0, 0.1) is 10.1 Å². The number of benzene rings is 1. The van der Waals surface area contributed by atoms with E-state index in [4.69, 9.17) is 11.6 Å². The van der Waals surface area contributed by atoms with Gasteiger partial charge in [0.1, 0.15) is 0 Å². The van der Waals surface area contributed by atoms with Crippen molar-refractivity contribution >= 4 is 17.3 Å². The van der Waals surface area contributed by atoms with Gasteiger partial charge in [0.05, 0.1) is 9.95 Å². The Morgan fingerprint density at radius 1 is 1.50 bits per heavy atom. The van der Waals surface area contributed by atoms with Crippen LogP contribution in [-0.2, 0) is 6.42 Å². The molecule has 0 saturated heterocycles. The number of non-ortho nitro benzene ring substituents is 1. The number of halogens is 1. The number of rotatable bonds is 7. The SMILES string of the molecule is CCCNC(C)CCc1ccc([N+](=O)[O-])cc1Cl. The van der Waals surface area contributed by atoms with E-state index in [1.54, 1.807) is 6.07 Å². The zero-order valence-electron chi connectivity index (χ0n) is 10.8. The van der Waals surface area contributed by atoms with Crippen LogP contribution in [0.25, 0.3) is 0 Å². The molecule has 1 aromatic carbocycles. The van der Waals surface area contributed by atoms with Gasteiger partial charge >= 0.3 is 0 Å². The monoisotopic (exact) mass is 270 g/mol. The van der Waals surface area contributed by atoms with Gasteiger partial charge in [-0.25, -0.2) is 0 Å². The first-order valence-corrected chi connectivity index (χ1v) is 6.58. The quantitative estimate of drug-likeness (QED) is 0.609. The number of nitrogens with one attached hydrogen (secondary N) is 1. The van der Waals surface area contributed by atoms with Crippen LogP contribution in [-0.4, -0.2) is 17.5 Å². The van der Waals surface area contributed by atoms with E-state index in [1.165, 1.54) is 12.1 Å². The minimum atomic E-state index is -0.429. The van der Waals surface area contributed by atoms with Crippen molar-refractivity contribution in [1.82, 2.24) is 5.32 Å². The molecule has 0 bridgehead atoms. The fraction of sp³-hybridized carbons (Fsp3) is 0.538. The smallest absolute Gasteiger partial charge is 0.270 e. The standard InChI is InChI=1S/C13H19ClN2O2/c1-3-8-15-10(2)4-5-11-6-7-12(16(17)18)9-13(11)14/h6-7,9-10,15H,3-5,8H2,1-2H3. The first-order valence-electron chi connectivity index (χ1n) is 6.20. The Kier molecular flexibility index (Phi) is 6.09. The summed E-state index contributed by atoms with van der Waals surface area (Å²) in [6, 6.07) is 5.09. The van der Waals surface area contributed by atoms with E-state index in [0.29, 0.717) is 11.1 Å². The van der Waals surface area contributed by atoms with E-state index in [1.807, 2.05) is 0 Å². The van der Waals surface area contributed by atoms with E-state index in [2.05, 4.69) is 19.2 Å². The molecule has 18 heavy (non-hydrogen) atoms. The average Bonchev–Trinajstić information content (AvgIpc) is 2.34. The second-order valence-corrected chi connectivity index (χ2v) is 4.83. The zero-order chi connectivity index (χ0) is 13.5. The molecule has 1 aromatic rings. The van der Waals surface area contributed by atoms with Crippen LogP contribution < -0.4 is 5.32 Å². The Labute approximate surface area is 112 Å². The highest BCUT2D eigenvalue weighted by Gasteiger charge is 2.10. The molecule has 5 heteroatoms. The van der Waals surface area contributed by atoms with E-state index >= 15 is 0 Å². The van der Waals surface area contributed by atoms with E-state index in [-0.39, 0.29) is 5.69 Å². The van der Waals surface area contributed by atoms with Crippen LogP contribution in [0.1, 0.15) is 32.3 Å². The molecule has 1 rings (SSSR count). The van der Waals surface area contributed by atoms with Gasteiger partial charge in [-0.2, -0.15) is 0 Å². The first-order chi connectivity index (χ1) is 8.54. The van der Waals surface area contributed by atoms with Crippen molar-refractivity contribution in [2.45, 2.75) is 39.2 Å². The Bertz CT molecular complexity index is 410. The van der Waals surface area contributed by atoms with Crippen LogP contribution in [0.2, 0.25) is 5.02 Å². The molecule has 0 fully saturated rings. The maximum atomic E-state index is 10.6. The van der Waals surface area contributed by atoms with Gasteiger partial charge in [-0.3, -0.25) is 10.1 Å². The van der Waals surface area contributed by atoms with Crippen LogP contribution in [0.15, 0.2) is 18.2 Å². The van der Waals surface area contributed by atoms with Crippen LogP contribution in [0.3, 0.4) is 0 Å². The molecular weight excluding hydrogens is 252 g/mol. The number of nitro benzene ring substituents is 1. The Morgan fingerprint density at radius 2 is 2.22 bits per heavy atom. The molecule has 0 aliphatic rings. The number of aryl methyl sites for hydroxylation is 1. The summed E-state index contributed by atoms with van der Waals surface area (Å²) in [7, 11) is 0. The molecule has 0 saturated carbocycles. The van der Waals surface area contributed by atoms with Crippen molar-refractivity contribution in [3.8, 4) is 0 Å². The van der Waals surface area contributed by atoms with Gasteiger partial charge in [0.25, 0.3) is 5.69 Å². The van der Waals surface area contributed by atoms with E-state index in [0.717, 1.165) is 31.4 Å². The molecule has 4 nitrogen and oxygen atoms in total. The summed E-state index contributed by atoms with van der Waals surface area (Å²) >= 11 is 6.04. The average molecular weight is 271 g/mol. The van der Waals surface area contributed by atoms with Gasteiger partial charge in [-0.15, -0.1) is 0 Å². The highest BCUT2D eigenvalue weighted by Crippen LogP contribution is 2.23. The first kappa shape index (κ1) is 14.9. The predicted octanol–water partition coefficient (Wildman–Crippen LogP) is 3.57. The van der Waals surface area contributed by atoms with E-state index in [9.17, 15) is 10.1 Å². The molecule has 0 aromatic heterocycles. The fourth-order valence-corrected chi connectivity index (χ4v) is 1.99. The topological polar surface area (TPSA) is 55.2 Å². The van der Waals surface area contributed by atoms with Crippen LogP contribution >= 0.6 is 11.6 Å². The van der Waals surface area contributed by atoms with Crippen molar-refractivity contribution in [3.63, 3.8) is 0 Å². The van der Waals surface area contributed by atoms with Crippen molar-refractivity contribution in [2.75, 3.05) is 6.54 Å². The summed E-state index contributed by atoms with van der Waals surface area (Å²) in [6.45, 7) is 5.27. The normalized spacial score (nSPS) is 12.4. The second kappa shape index (κ2) is 7.34. The second-order valence-electron chi connectivity index (χ2n) is 4.43. The number of nitrogens with zero attached hydrogens (tertiary/aromatic N) is 1. The van der Waals surface area contributed by atoms with Gasteiger partial charge in [-0.05, 0) is 38.3 Å². The lowest BCUT2D eigenvalue weighted by Crippen LogP contribution is -2.27. The highest BCUT2D eigenvalue weighted by atomic mass is 35.5. The minimum Gasteiger partial charge on any atom is -0.314 e. The lowest BCUT2D eigenvalue weighted by atomic mass is 10.1. The Hall–Kier alpha value is -1.13. The summed E-state index contributed by atoms with van der Waals surface area (Å²) in [5.74, 6) is 0. The summed E-state index contributed by atoms with van der Waals surface area (Å²) in [4.78, 5) is 10.2. The molecule has 1 atom stereocenters. The number of hydrogen-bond donors (Lipinski definition) is 1. The number of hydrogen-bond acceptors (Lipinski definition) is 3. The van der Waals surface area contributed by atoms with Gasteiger partial charge < -0.3 is 5.32 Å². The fourth-order valence-electron chi connectivity index (χ4n) is 1.72. The van der Waals surface area contributed by atoms with Gasteiger partial charge in [-0.1, -0.05) is 24.6 Å². The van der Waals surface area contributed by atoms with Crippen LogP contribution in [0.5, 0.6) is 0 Å². The lowest BCUT2D eigenvalue weighted by Gasteiger charge is -2.13.